The second-order valence-electron chi connectivity index (χ2n) is 8.71. The number of carbonyl (C=O) groups excluding carboxylic acids is 1. The van der Waals surface area contributed by atoms with E-state index in [2.05, 4.69) is 45.6 Å². The number of rotatable bonds is 7. The van der Waals surface area contributed by atoms with Gasteiger partial charge >= 0.3 is 0 Å². The minimum atomic E-state index is 0. The molecule has 1 aromatic carbocycles. The monoisotopic (exact) mass is 567 g/mol. The van der Waals surface area contributed by atoms with Gasteiger partial charge < -0.3 is 20.4 Å². The molecule has 2 N–H and O–H groups in total. The number of pyridine rings is 1. The van der Waals surface area contributed by atoms with Crippen molar-refractivity contribution >= 4 is 52.6 Å². The zero-order chi connectivity index (χ0) is 23.1. The van der Waals surface area contributed by atoms with Crippen molar-refractivity contribution in [2.45, 2.75) is 33.4 Å². The van der Waals surface area contributed by atoms with Crippen LogP contribution in [0.2, 0.25) is 0 Å². The van der Waals surface area contributed by atoms with E-state index >= 15 is 0 Å². The predicted molar refractivity (Wildman–Crippen MR) is 148 cm³/mol. The van der Waals surface area contributed by atoms with Gasteiger partial charge in [-0.15, -0.1) is 24.0 Å². The molecule has 8 nitrogen and oxygen atoms in total. The second kappa shape index (κ2) is 12.9. The van der Waals surface area contributed by atoms with Crippen molar-refractivity contribution in [2.75, 3.05) is 58.3 Å². The number of halogens is 1. The summed E-state index contributed by atoms with van der Waals surface area (Å²) < 4.78 is 0. The lowest BCUT2D eigenvalue weighted by Crippen LogP contribution is -2.54. The Morgan fingerprint density at radius 1 is 1.18 bits per heavy atom. The van der Waals surface area contributed by atoms with Crippen LogP contribution in [0.25, 0.3) is 10.9 Å². The van der Waals surface area contributed by atoms with E-state index in [0.29, 0.717) is 13.1 Å². The number of nitrogens with one attached hydrogen (secondary N) is 2. The third-order valence-corrected chi connectivity index (χ3v) is 5.47. The molecule has 2 heterocycles. The molecule has 0 radical (unpaired) electrons. The van der Waals surface area contributed by atoms with Crippen molar-refractivity contribution in [2.24, 2.45) is 4.99 Å². The van der Waals surface area contributed by atoms with Gasteiger partial charge in [0, 0.05) is 58.2 Å². The zero-order valence-corrected chi connectivity index (χ0v) is 22.8. The number of hydrogen-bond donors (Lipinski definition) is 2. The molecule has 182 valence electrons. The Balaban J connectivity index is 0.00000385. The van der Waals surface area contributed by atoms with Gasteiger partial charge in [0.2, 0.25) is 5.91 Å². The average Bonchev–Trinajstić information content (AvgIpc) is 2.76. The van der Waals surface area contributed by atoms with Gasteiger partial charge in [0.05, 0.1) is 18.6 Å². The van der Waals surface area contributed by atoms with Crippen LogP contribution in [0.5, 0.6) is 0 Å². The Bertz CT molecular complexity index is 940. The molecule has 2 aromatic rings. The summed E-state index contributed by atoms with van der Waals surface area (Å²) in [5.41, 5.74) is 2.15. The van der Waals surface area contributed by atoms with E-state index in [-0.39, 0.29) is 35.9 Å². The largest absolute Gasteiger partial charge is 0.363 e. The Morgan fingerprint density at radius 2 is 1.88 bits per heavy atom. The first-order valence-electron chi connectivity index (χ1n) is 11.5. The van der Waals surface area contributed by atoms with Crippen LogP contribution in [0.3, 0.4) is 0 Å². The van der Waals surface area contributed by atoms with Crippen molar-refractivity contribution < 1.29 is 4.79 Å². The highest BCUT2D eigenvalue weighted by atomic mass is 127. The fraction of sp³-hybridized carbons (Fsp3) is 0.542. The molecule has 0 atom stereocenters. The van der Waals surface area contributed by atoms with E-state index in [1.807, 2.05) is 45.0 Å². The Hall–Kier alpha value is -2.14. The minimum Gasteiger partial charge on any atom is -0.363 e. The molecule has 1 aliphatic rings. The van der Waals surface area contributed by atoms with Crippen LogP contribution < -0.4 is 15.5 Å². The van der Waals surface area contributed by atoms with Crippen molar-refractivity contribution in [3.05, 3.63) is 35.9 Å². The van der Waals surface area contributed by atoms with Crippen LogP contribution in [0.1, 0.15) is 26.3 Å². The normalized spacial score (nSPS) is 14.8. The highest BCUT2D eigenvalue weighted by Crippen LogP contribution is 2.23. The van der Waals surface area contributed by atoms with Gasteiger partial charge in [-0.1, -0.05) is 18.2 Å². The van der Waals surface area contributed by atoms with Crippen LogP contribution in [0.15, 0.2) is 35.3 Å². The van der Waals surface area contributed by atoms with Crippen LogP contribution in [0, 0.1) is 0 Å². The highest BCUT2D eigenvalue weighted by Gasteiger charge is 2.21. The fourth-order valence-corrected chi connectivity index (χ4v) is 3.87. The molecule has 0 saturated carbocycles. The summed E-state index contributed by atoms with van der Waals surface area (Å²) in [6.07, 6.45) is 0. The summed E-state index contributed by atoms with van der Waals surface area (Å²) >= 11 is 0. The van der Waals surface area contributed by atoms with Crippen LogP contribution in [-0.4, -0.2) is 86.1 Å². The number of guanidine groups is 1. The maximum absolute atomic E-state index is 12.1. The first kappa shape index (κ1) is 27.1. The van der Waals surface area contributed by atoms with Crippen molar-refractivity contribution in [1.29, 1.82) is 0 Å². The molecule has 1 aliphatic heterocycles. The van der Waals surface area contributed by atoms with Gasteiger partial charge in [-0.05, 0) is 38.5 Å². The molecular formula is C24H38IN7O. The molecule has 1 saturated heterocycles. The number of aliphatic imine (C=N–C) groups is 1. The molecule has 33 heavy (non-hydrogen) atoms. The standard InChI is InChI=1S/C24H37N7O.HI/c1-6-25-24(31-13-11-30(12-14-31)17-23(32)27-18(2)3)26-16-19-15-22(29(4)5)28-21-10-8-7-9-20(19)21;/h7-10,15,18H,6,11-14,16-17H2,1-5H3,(H,25,26)(H,27,32);1H. The van der Waals surface area contributed by atoms with Gasteiger partial charge in [0.1, 0.15) is 5.82 Å². The number of hydrogen-bond acceptors (Lipinski definition) is 5. The molecule has 1 aromatic heterocycles. The van der Waals surface area contributed by atoms with Crippen molar-refractivity contribution in [3.8, 4) is 0 Å². The molecule has 1 fully saturated rings. The topological polar surface area (TPSA) is 76.1 Å². The summed E-state index contributed by atoms with van der Waals surface area (Å²) in [6, 6.07) is 10.5. The molecule has 0 spiro atoms. The summed E-state index contributed by atoms with van der Waals surface area (Å²) in [7, 11) is 4.02. The Labute approximate surface area is 214 Å². The van der Waals surface area contributed by atoms with Crippen LogP contribution in [0.4, 0.5) is 5.82 Å². The number of para-hydroxylation sites is 1. The summed E-state index contributed by atoms with van der Waals surface area (Å²) in [4.78, 5) is 28.3. The van der Waals surface area contributed by atoms with Gasteiger partial charge in [0.15, 0.2) is 5.96 Å². The summed E-state index contributed by atoms with van der Waals surface area (Å²) in [6.45, 7) is 11.3. The van der Waals surface area contributed by atoms with Crippen LogP contribution in [-0.2, 0) is 11.3 Å². The highest BCUT2D eigenvalue weighted by molar-refractivity contribution is 14.0. The number of carbonyl (C=O) groups is 1. The number of fused-ring (bicyclic) bond motifs is 1. The smallest absolute Gasteiger partial charge is 0.234 e. The second-order valence-corrected chi connectivity index (χ2v) is 8.71. The maximum Gasteiger partial charge on any atom is 0.234 e. The molecule has 0 bridgehead atoms. The quantitative estimate of drug-likeness (QED) is 0.305. The Morgan fingerprint density at radius 3 is 2.52 bits per heavy atom. The van der Waals surface area contributed by atoms with E-state index in [0.717, 1.165) is 55.4 Å². The van der Waals surface area contributed by atoms with Gasteiger partial charge in [-0.2, -0.15) is 0 Å². The molecule has 0 aliphatic carbocycles. The number of aromatic nitrogens is 1. The van der Waals surface area contributed by atoms with Crippen molar-refractivity contribution in [3.63, 3.8) is 0 Å². The fourth-order valence-electron chi connectivity index (χ4n) is 3.87. The van der Waals surface area contributed by atoms with Crippen molar-refractivity contribution in [1.82, 2.24) is 25.4 Å². The van der Waals surface area contributed by atoms with E-state index in [1.165, 1.54) is 5.56 Å². The zero-order valence-electron chi connectivity index (χ0n) is 20.5. The van der Waals surface area contributed by atoms with E-state index in [9.17, 15) is 4.79 Å². The minimum absolute atomic E-state index is 0. The van der Waals surface area contributed by atoms with Gasteiger partial charge in [-0.25, -0.2) is 9.98 Å². The van der Waals surface area contributed by atoms with E-state index < -0.39 is 0 Å². The van der Waals surface area contributed by atoms with Gasteiger partial charge in [-0.3, -0.25) is 9.69 Å². The first-order chi connectivity index (χ1) is 15.4. The third kappa shape index (κ3) is 7.70. The van der Waals surface area contributed by atoms with E-state index in [1.54, 1.807) is 0 Å². The number of piperazine rings is 1. The number of amides is 1. The third-order valence-electron chi connectivity index (χ3n) is 5.47. The lowest BCUT2D eigenvalue weighted by atomic mass is 10.1. The lowest BCUT2D eigenvalue weighted by molar-refractivity contribution is -0.123. The SMILES string of the molecule is CCNC(=NCc1cc(N(C)C)nc2ccccc12)N1CCN(CC(=O)NC(C)C)CC1.I. The van der Waals surface area contributed by atoms with Gasteiger partial charge in [0.25, 0.3) is 0 Å². The molecule has 3 rings (SSSR count). The first-order valence-corrected chi connectivity index (χ1v) is 11.5. The molecular weight excluding hydrogens is 529 g/mol. The summed E-state index contributed by atoms with van der Waals surface area (Å²) in [5, 5.41) is 7.55. The number of anilines is 1. The number of benzene rings is 1. The number of nitrogens with zero attached hydrogens (tertiary/aromatic N) is 5. The molecule has 9 heteroatoms. The summed E-state index contributed by atoms with van der Waals surface area (Å²) in [5.74, 6) is 1.95. The maximum atomic E-state index is 12.1. The Kier molecular flexibility index (Phi) is 10.6. The average molecular weight is 568 g/mol. The predicted octanol–water partition coefficient (Wildman–Crippen LogP) is 2.53. The lowest BCUT2D eigenvalue weighted by Gasteiger charge is -2.36. The molecule has 1 amide bonds. The molecule has 0 unspecified atom stereocenters. The van der Waals surface area contributed by atoms with E-state index in [4.69, 9.17) is 9.98 Å². The van der Waals surface area contributed by atoms with Crippen LogP contribution >= 0.6 is 24.0 Å².